The first-order valence-corrected chi connectivity index (χ1v) is 6.06. The third-order valence-corrected chi connectivity index (χ3v) is 3.79. The molecule has 0 aromatic heterocycles. The Labute approximate surface area is 102 Å². The summed E-state index contributed by atoms with van der Waals surface area (Å²) in [6, 6.07) is 5.97. The zero-order valence-electron chi connectivity index (χ0n) is 9.70. The average Bonchev–Trinajstić information content (AvgIpc) is 2.74. The third-order valence-electron chi connectivity index (χ3n) is 3.27. The van der Waals surface area contributed by atoms with Gasteiger partial charge in [-0.1, -0.05) is 12.5 Å². The Morgan fingerprint density at radius 3 is 2.56 bits per heavy atom. The molecule has 3 heteroatoms. The summed E-state index contributed by atoms with van der Waals surface area (Å²) in [6.07, 6.45) is 3.45. The molecule has 0 aliphatic heterocycles. The maximum Gasteiger partial charge on any atom is 0.126 e. The molecule has 1 aliphatic carbocycles. The zero-order chi connectivity index (χ0) is 11.5. The number of halogens is 1. The highest BCUT2D eigenvalue weighted by Gasteiger charge is 2.29. The van der Waals surface area contributed by atoms with Crippen LogP contribution in [0.5, 0.6) is 11.5 Å². The van der Waals surface area contributed by atoms with Gasteiger partial charge in [0.1, 0.15) is 11.5 Å². The van der Waals surface area contributed by atoms with E-state index in [1.807, 2.05) is 12.1 Å². The highest BCUT2D eigenvalue weighted by Crippen LogP contribution is 2.42. The second kappa shape index (κ2) is 4.96. The summed E-state index contributed by atoms with van der Waals surface area (Å²) in [5.41, 5.74) is 1.21. The SMILES string of the molecule is COc1ccc(C2CCCC2Cl)c(OC)c1. The van der Waals surface area contributed by atoms with Crippen molar-refractivity contribution in [1.82, 2.24) is 0 Å². The summed E-state index contributed by atoms with van der Waals surface area (Å²) in [7, 11) is 3.35. The quantitative estimate of drug-likeness (QED) is 0.752. The monoisotopic (exact) mass is 240 g/mol. The van der Waals surface area contributed by atoms with Gasteiger partial charge < -0.3 is 9.47 Å². The maximum absolute atomic E-state index is 6.33. The Morgan fingerprint density at radius 2 is 2.00 bits per heavy atom. The van der Waals surface area contributed by atoms with E-state index in [-0.39, 0.29) is 5.38 Å². The van der Waals surface area contributed by atoms with E-state index in [2.05, 4.69) is 6.07 Å². The maximum atomic E-state index is 6.33. The van der Waals surface area contributed by atoms with Gasteiger partial charge in [0.2, 0.25) is 0 Å². The van der Waals surface area contributed by atoms with Crippen LogP contribution < -0.4 is 9.47 Å². The van der Waals surface area contributed by atoms with E-state index >= 15 is 0 Å². The minimum atomic E-state index is 0.238. The van der Waals surface area contributed by atoms with Crippen LogP contribution in [-0.4, -0.2) is 19.6 Å². The van der Waals surface area contributed by atoms with Crippen molar-refractivity contribution in [1.29, 1.82) is 0 Å². The van der Waals surface area contributed by atoms with Gasteiger partial charge in [-0.25, -0.2) is 0 Å². The van der Waals surface area contributed by atoms with E-state index in [9.17, 15) is 0 Å². The number of hydrogen-bond acceptors (Lipinski definition) is 2. The number of ether oxygens (including phenoxy) is 2. The number of hydrogen-bond donors (Lipinski definition) is 0. The molecule has 2 nitrogen and oxygen atoms in total. The molecule has 0 heterocycles. The van der Waals surface area contributed by atoms with Crippen molar-refractivity contribution in [2.45, 2.75) is 30.6 Å². The Kier molecular flexibility index (Phi) is 3.59. The fourth-order valence-electron chi connectivity index (χ4n) is 2.39. The van der Waals surface area contributed by atoms with Crippen LogP contribution >= 0.6 is 11.6 Å². The molecule has 0 spiro atoms. The minimum absolute atomic E-state index is 0.238. The molecule has 1 fully saturated rings. The fraction of sp³-hybridized carbons (Fsp3) is 0.538. The van der Waals surface area contributed by atoms with Crippen LogP contribution in [0, 0.1) is 0 Å². The van der Waals surface area contributed by atoms with Crippen molar-refractivity contribution in [3.63, 3.8) is 0 Å². The summed E-state index contributed by atoms with van der Waals surface area (Å²) < 4.78 is 10.6. The highest BCUT2D eigenvalue weighted by molar-refractivity contribution is 6.21. The lowest BCUT2D eigenvalue weighted by atomic mass is 9.96. The van der Waals surface area contributed by atoms with Crippen LogP contribution in [0.2, 0.25) is 0 Å². The number of benzene rings is 1. The summed E-state index contributed by atoms with van der Waals surface area (Å²) in [5.74, 6) is 2.13. The normalized spacial score (nSPS) is 24.4. The Balaban J connectivity index is 2.32. The molecule has 0 bridgehead atoms. The molecule has 1 aromatic carbocycles. The number of rotatable bonds is 3. The number of alkyl halides is 1. The number of methoxy groups -OCH3 is 2. The van der Waals surface area contributed by atoms with Gasteiger partial charge in [0.15, 0.2) is 0 Å². The summed E-state index contributed by atoms with van der Waals surface area (Å²) >= 11 is 6.33. The van der Waals surface area contributed by atoms with Crippen LogP contribution in [0.4, 0.5) is 0 Å². The largest absolute Gasteiger partial charge is 0.497 e. The Hall–Kier alpha value is -0.890. The second-order valence-electron chi connectivity index (χ2n) is 4.16. The highest BCUT2D eigenvalue weighted by atomic mass is 35.5. The third kappa shape index (κ3) is 2.12. The van der Waals surface area contributed by atoms with Gasteiger partial charge in [-0.3, -0.25) is 0 Å². The first-order valence-electron chi connectivity index (χ1n) is 5.62. The molecule has 2 unspecified atom stereocenters. The van der Waals surface area contributed by atoms with Crippen molar-refractivity contribution < 1.29 is 9.47 Å². The molecule has 2 rings (SSSR count). The van der Waals surface area contributed by atoms with E-state index in [0.717, 1.165) is 24.3 Å². The van der Waals surface area contributed by atoms with Gasteiger partial charge in [0.05, 0.1) is 14.2 Å². The molecular formula is C13H17ClO2. The summed E-state index contributed by atoms with van der Waals surface area (Å²) in [5, 5.41) is 0.238. The van der Waals surface area contributed by atoms with Crippen LogP contribution in [0.25, 0.3) is 0 Å². The van der Waals surface area contributed by atoms with Crippen LogP contribution in [0.15, 0.2) is 18.2 Å². The molecule has 88 valence electrons. The van der Waals surface area contributed by atoms with Crippen molar-refractivity contribution in [2.24, 2.45) is 0 Å². The topological polar surface area (TPSA) is 18.5 Å². The molecule has 1 aromatic rings. The van der Waals surface area contributed by atoms with Gasteiger partial charge in [0.25, 0.3) is 0 Å². The molecular weight excluding hydrogens is 224 g/mol. The van der Waals surface area contributed by atoms with Gasteiger partial charge in [-0.05, 0) is 24.5 Å². The molecule has 0 amide bonds. The van der Waals surface area contributed by atoms with Gasteiger partial charge in [-0.15, -0.1) is 11.6 Å². The van der Waals surface area contributed by atoms with Crippen molar-refractivity contribution >= 4 is 11.6 Å². The van der Waals surface area contributed by atoms with Crippen LogP contribution in [0.3, 0.4) is 0 Å². The summed E-state index contributed by atoms with van der Waals surface area (Å²) in [6.45, 7) is 0. The van der Waals surface area contributed by atoms with E-state index in [1.165, 1.54) is 12.0 Å². The lowest BCUT2D eigenvalue weighted by Gasteiger charge is -2.18. The predicted octanol–water partition coefficient (Wildman–Crippen LogP) is 3.58. The molecule has 1 aliphatic rings. The minimum Gasteiger partial charge on any atom is -0.497 e. The average molecular weight is 241 g/mol. The molecule has 2 atom stereocenters. The second-order valence-corrected chi connectivity index (χ2v) is 4.72. The van der Waals surface area contributed by atoms with E-state index in [1.54, 1.807) is 14.2 Å². The lowest BCUT2D eigenvalue weighted by molar-refractivity contribution is 0.388. The smallest absolute Gasteiger partial charge is 0.126 e. The van der Waals surface area contributed by atoms with Crippen LogP contribution in [0.1, 0.15) is 30.7 Å². The molecule has 0 N–H and O–H groups in total. The Morgan fingerprint density at radius 1 is 1.19 bits per heavy atom. The molecule has 0 radical (unpaired) electrons. The van der Waals surface area contributed by atoms with E-state index < -0.39 is 0 Å². The first-order chi connectivity index (χ1) is 7.76. The fourth-order valence-corrected chi connectivity index (χ4v) is 2.81. The van der Waals surface area contributed by atoms with Crippen molar-refractivity contribution in [2.75, 3.05) is 14.2 Å². The molecule has 1 saturated carbocycles. The van der Waals surface area contributed by atoms with Gasteiger partial charge in [-0.2, -0.15) is 0 Å². The van der Waals surface area contributed by atoms with E-state index in [4.69, 9.17) is 21.1 Å². The molecule has 16 heavy (non-hydrogen) atoms. The van der Waals surface area contributed by atoms with Gasteiger partial charge >= 0.3 is 0 Å². The summed E-state index contributed by atoms with van der Waals surface area (Å²) in [4.78, 5) is 0. The van der Waals surface area contributed by atoms with Crippen LogP contribution in [-0.2, 0) is 0 Å². The lowest BCUT2D eigenvalue weighted by Crippen LogP contribution is -2.06. The molecule has 0 saturated heterocycles. The van der Waals surface area contributed by atoms with Crippen molar-refractivity contribution in [3.05, 3.63) is 23.8 Å². The predicted molar refractivity (Wildman–Crippen MR) is 65.8 cm³/mol. The van der Waals surface area contributed by atoms with E-state index in [0.29, 0.717) is 5.92 Å². The zero-order valence-corrected chi connectivity index (χ0v) is 10.5. The van der Waals surface area contributed by atoms with Gasteiger partial charge in [0, 0.05) is 17.4 Å². The first kappa shape index (κ1) is 11.6. The van der Waals surface area contributed by atoms with Crippen molar-refractivity contribution in [3.8, 4) is 11.5 Å². The standard InChI is InChI=1S/C13H17ClO2/c1-15-9-6-7-11(13(8-9)16-2)10-4-3-5-12(10)14/h6-8,10,12H,3-5H2,1-2H3. The Bertz CT molecular complexity index is 365.